The lowest BCUT2D eigenvalue weighted by atomic mass is 9.81. The summed E-state index contributed by atoms with van der Waals surface area (Å²) in [6.45, 7) is -0.414. The third-order valence-electron chi connectivity index (χ3n) is 8.79. The van der Waals surface area contributed by atoms with Crippen molar-refractivity contribution in [3.8, 4) is 11.3 Å². The van der Waals surface area contributed by atoms with Gasteiger partial charge in [0.25, 0.3) is 0 Å². The average molecular weight is 565 g/mol. The Morgan fingerprint density at radius 3 is 2.22 bits per heavy atom. The van der Waals surface area contributed by atoms with E-state index >= 15 is 0 Å². The molecule has 0 N–H and O–H groups in total. The van der Waals surface area contributed by atoms with E-state index in [1.807, 2.05) is 6.07 Å². The zero-order chi connectivity index (χ0) is 28.2. The number of carbonyl (C=O) groups excluding carboxylic acids is 4. The zero-order valence-corrected chi connectivity index (χ0v) is 22.7. The fraction of sp³-hybridized carbons (Fsp3) is 0.242. The summed E-state index contributed by atoms with van der Waals surface area (Å²) < 4.78 is 5.41. The number of amides is 2. The van der Waals surface area contributed by atoms with Crippen LogP contribution in [-0.4, -0.2) is 35.2 Å². The number of carbonyl (C=O) groups is 4. The number of ether oxygens (including phenoxy) is 1. The lowest BCUT2D eigenvalue weighted by Crippen LogP contribution is -2.32. The number of imide groups is 1. The Labute approximate surface area is 241 Å². The van der Waals surface area contributed by atoms with Crippen LogP contribution in [-0.2, 0) is 14.3 Å². The number of ketones is 1. The van der Waals surface area contributed by atoms with Crippen LogP contribution < -0.4 is 4.90 Å². The summed E-state index contributed by atoms with van der Waals surface area (Å²) >= 11 is 5.90. The summed E-state index contributed by atoms with van der Waals surface area (Å²) in [4.78, 5) is 58.3. The summed E-state index contributed by atoms with van der Waals surface area (Å²) in [5.74, 6) is -0.847. The fourth-order valence-corrected chi connectivity index (χ4v) is 6.99. The van der Waals surface area contributed by atoms with Gasteiger partial charge < -0.3 is 4.74 Å². The van der Waals surface area contributed by atoms with E-state index in [4.69, 9.17) is 21.3 Å². The minimum absolute atomic E-state index is 0.0815. The van der Waals surface area contributed by atoms with Crippen LogP contribution in [0, 0.1) is 23.7 Å². The molecule has 0 radical (unpaired) electrons. The molecular formula is C33H25ClN2O5. The molecule has 41 heavy (non-hydrogen) atoms. The zero-order valence-electron chi connectivity index (χ0n) is 22.0. The van der Waals surface area contributed by atoms with Crippen LogP contribution in [0.25, 0.3) is 22.2 Å². The van der Waals surface area contributed by atoms with Crippen molar-refractivity contribution in [1.82, 2.24) is 4.98 Å². The van der Waals surface area contributed by atoms with Crippen LogP contribution in [0.15, 0.2) is 78.9 Å². The number of aromatic nitrogens is 1. The maximum Gasteiger partial charge on any atom is 0.339 e. The van der Waals surface area contributed by atoms with Gasteiger partial charge in [-0.3, -0.25) is 19.3 Å². The Kier molecular flexibility index (Phi) is 6.20. The highest BCUT2D eigenvalue weighted by molar-refractivity contribution is 6.30. The number of hydrogen-bond acceptors (Lipinski definition) is 6. The van der Waals surface area contributed by atoms with Crippen molar-refractivity contribution in [2.24, 2.45) is 23.7 Å². The second kappa shape index (κ2) is 9.93. The summed E-state index contributed by atoms with van der Waals surface area (Å²) in [6, 6.07) is 22.4. The first-order valence-corrected chi connectivity index (χ1v) is 14.1. The Bertz CT molecular complexity index is 1710. The van der Waals surface area contributed by atoms with Gasteiger partial charge in [0.05, 0.1) is 34.3 Å². The van der Waals surface area contributed by atoms with Crippen LogP contribution in [0.5, 0.6) is 0 Å². The maximum atomic E-state index is 13.2. The highest BCUT2D eigenvalue weighted by Gasteiger charge is 2.61. The molecule has 4 atom stereocenters. The van der Waals surface area contributed by atoms with Crippen molar-refractivity contribution in [1.29, 1.82) is 0 Å². The lowest BCUT2D eigenvalue weighted by molar-refractivity contribution is -0.123. The summed E-state index contributed by atoms with van der Waals surface area (Å²) in [5, 5.41) is 1.11. The Morgan fingerprint density at radius 1 is 0.878 bits per heavy atom. The van der Waals surface area contributed by atoms with Gasteiger partial charge in [0, 0.05) is 21.5 Å². The normalized spacial score (nSPS) is 22.8. The number of anilines is 1. The number of esters is 1. The van der Waals surface area contributed by atoms with E-state index in [1.165, 1.54) is 4.90 Å². The summed E-state index contributed by atoms with van der Waals surface area (Å²) in [5.41, 5.74) is 3.07. The molecule has 3 fully saturated rings. The van der Waals surface area contributed by atoms with Crippen LogP contribution in [0.2, 0.25) is 5.02 Å². The molecule has 204 valence electrons. The number of hydrogen-bond donors (Lipinski definition) is 0. The first-order chi connectivity index (χ1) is 19.9. The molecule has 1 aliphatic heterocycles. The molecule has 2 aliphatic carbocycles. The number of pyridine rings is 1. The smallest absolute Gasteiger partial charge is 0.339 e. The molecular weight excluding hydrogens is 540 g/mol. The average Bonchev–Trinajstić information content (AvgIpc) is 3.69. The highest BCUT2D eigenvalue weighted by atomic mass is 35.5. The summed E-state index contributed by atoms with van der Waals surface area (Å²) in [7, 11) is 0. The van der Waals surface area contributed by atoms with Crippen molar-refractivity contribution in [2.75, 3.05) is 11.5 Å². The first kappa shape index (κ1) is 25.6. The van der Waals surface area contributed by atoms with Gasteiger partial charge in [0.2, 0.25) is 11.8 Å². The number of Topliss-reactive ketones (excluding diaryl/α,β-unsaturated/α-hetero) is 1. The monoisotopic (exact) mass is 564 g/mol. The number of para-hydroxylation sites is 1. The number of halogens is 1. The molecule has 7 rings (SSSR count). The van der Waals surface area contributed by atoms with Gasteiger partial charge in [0.1, 0.15) is 0 Å². The molecule has 0 unspecified atom stereocenters. The molecule has 3 aliphatic rings. The van der Waals surface area contributed by atoms with E-state index in [1.54, 1.807) is 72.8 Å². The van der Waals surface area contributed by atoms with Gasteiger partial charge in [-0.25, -0.2) is 9.78 Å². The molecule has 2 amide bonds. The first-order valence-electron chi connectivity index (χ1n) is 13.7. The van der Waals surface area contributed by atoms with E-state index in [0.29, 0.717) is 50.3 Å². The molecule has 8 heteroatoms. The highest BCUT2D eigenvalue weighted by Crippen LogP contribution is 2.56. The molecule has 2 saturated carbocycles. The van der Waals surface area contributed by atoms with E-state index in [9.17, 15) is 19.2 Å². The number of fused-ring (bicyclic) bond motifs is 6. The second-order valence-electron chi connectivity index (χ2n) is 11.0. The molecule has 2 heterocycles. The molecule has 1 saturated heterocycles. The van der Waals surface area contributed by atoms with Crippen molar-refractivity contribution < 1.29 is 23.9 Å². The van der Waals surface area contributed by atoms with E-state index in [-0.39, 0.29) is 35.0 Å². The SMILES string of the molecule is O=C(COC(=O)c1cc(-c2ccc(N3C(=O)[C@@H]4[C@H]5CC[C@@H](C5)[C@H]4C3=O)cc2)nc2ccccc12)c1ccc(Cl)cc1. The topological polar surface area (TPSA) is 93.6 Å². The van der Waals surface area contributed by atoms with Crippen LogP contribution in [0.4, 0.5) is 5.69 Å². The van der Waals surface area contributed by atoms with Gasteiger partial charge >= 0.3 is 5.97 Å². The van der Waals surface area contributed by atoms with Crippen molar-refractivity contribution in [3.05, 3.63) is 95.0 Å². The molecule has 0 spiro atoms. The predicted octanol–water partition coefficient (Wildman–Crippen LogP) is 6.13. The maximum absolute atomic E-state index is 13.2. The number of benzene rings is 3. The van der Waals surface area contributed by atoms with Gasteiger partial charge in [-0.05, 0) is 79.6 Å². The van der Waals surface area contributed by atoms with Crippen molar-refractivity contribution in [2.45, 2.75) is 19.3 Å². The predicted molar refractivity (Wildman–Crippen MR) is 154 cm³/mol. The van der Waals surface area contributed by atoms with Crippen LogP contribution in [0.1, 0.15) is 40.0 Å². The van der Waals surface area contributed by atoms with Gasteiger partial charge in [0.15, 0.2) is 12.4 Å². The molecule has 4 aromatic rings. The second-order valence-corrected chi connectivity index (χ2v) is 11.5. The van der Waals surface area contributed by atoms with Crippen LogP contribution in [0.3, 0.4) is 0 Å². The minimum atomic E-state index is -0.641. The van der Waals surface area contributed by atoms with Gasteiger partial charge in [-0.1, -0.05) is 41.9 Å². The third-order valence-corrected chi connectivity index (χ3v) is 9.04. The minimum Gasteiger partial charge on any atom is -0.454 e. The number of nitrogens with zero attached hydrogens (tertiary/aromatic N) is 2. The van der Waals surface area contributed by atoms with Crippen molar-refractivity contribution in [3.63, 3.8) is 0 Å². The Hall–Kier alpha value is -4.36. The number of rotatable bonds is 6. The van der Waals surface area contributed by atoms with E-state index in [2.05, 4.69) is 0 Å². The third kappa shape index (κ3) is 4.32. The molecule has 3 aromatic carbocycles. The molecule has 1 aromatic heterocycles. The largest absolute Gasteiger partial charge is 0.454 e. The Morgan fingerprint density at radius 2 is 1.54 bits per heavy atom. The molecule has 2 bridgehead atoms. The quantitative estimate of drug-likeness (QED) is 0.159. The standard InChI is InChI=1S/C33H25ClN2O5/c34-22-11-7-19(8-12-22)28(37)17-41-33(40)25-16-27(35-26-4-2-1-3-24(25)26)18-9-13-23(14-10-18)36-31(38)29-20-5-6-21(15-20)30(29)32(36)39/h1-4,7-14,16,20-21,29-30H,5-6,15,17H2/t20-,21-,29+,30+/m0/s1. The van der Waals surface area contributed by atoms with Gasteiger partial charge in [-0.2, -0.15) is 0 Å². The van der Waals surface area contributed by atoms with Crippen molar-refractivity contribution >= 4 is 51.8 Å². The molecule has 7 nitrogen and oxygen atoms in total. The van der Waals surface area contributed by atoms with E-state index in [0.717, 1.165) is 19.3 Å². The lowest BCUT2D eigenvalue weighted by Gasteiger charge is -2.19. The van der Waals surface area contributed by atoms with E-state index < -0.39 is 12.6 Å². The summed E-state index contributed by atoms with van der Waals surface area (Å²) in [6.07, 6.45) is 3.06. The van der Waals surface area contributed by atoms with Crippen LogP contribution >= 0.6 is 11.6 Å². The Balaban J connectivity index is 1.14. The van der Waals surface area contributed by atoms with Gasteiger partial charge in [-0.15, -0.1) is 0 Å². The fourth-order valence-electron chi connectivity index (χ4n) is 6.86.